The van der Waals surface area contributed by atoms with Gasteiger partial charge in [0.25, 0.3) is 0 Å². The average molecular weight is 307 g/mol. The van der Waals surface area contributed by atoms with E-state index in [1.54, 1.807) is 4.57 Å². The summed E-state index contributed by atoms with van der Waals surface area (Å²) in [5, 5.41) is 0.140. The summed E-state index contributed by atoms with van der Waals surface area (Å²) in [4.78, 5) is 30.8. The molecule has 0 saturated carbocycles. The number of ether oxygens (including phenoxy) is 1. The molecule has 0 fully saturated rings. The molecule has 0 aliphatic heterocycles. The summed E-state index contributed by atoms with van der Waals surface area (Å²) in [5.41, 5.74) is 6.30. The van der Waals surface area contributed by atoms with E-state index in [0.717, 1.165) is 0 Å². The summed E-state index contributed by atoms with van der Waals surface area (Å²) in [5.74, 6) is 0.0135. The molecule has 0 saturated heterocycles. The Bertz CT molecular complexity index is 641. The van der Waals surface area contributed by atoms with Gasteiger partial charge in [0.1, 0.15) is 11.9 Å². The second-order valence-corrected chi connectivity index (χ2v) is 5.55. The summed E-state index contributed by atoms with van der Waals surface area (Å²) in [7, 11) is -4.40. The Morgan fingerprint density at radius 3 is 3.00 bits per heavy atom. The summed E-state index contributed by atoms with van der Waals surface area (Å²) < 4.78 is 16.9. The highest BCUT2D eigenvalue weighted by atomic mass is 35.5. The normalized spacial score (nSPS) is 14.7. The maximum Gasteiger partial charge on any atom is 0.223 e. The topological polar surface area (TPSA) is 139 Å². The van der Waals surface area contributed by atoms with E-state index in [9.17, 15) is 9.46 Å². The zero-order valence-electron chi connectivity index (χ0n) is 9.56. The number of hydrogen-bond acceptors (Lipinski definition) is 7. The van der Waals surface area contributed by atoms with E-state index in [4.69, 9.17) is 27.0 Å². The van der Waals surface area contributed by atoms with E-state index in [-0.39, 0.29) is 24.3 Å². The molecule has 2 rings (SSSR count). The summed E-state index contributed by atoms with van der Waals surface area (Å²) in [6.07, 6.45) is 0.723. The second kappa shape index (κ2) is 5.40. The monoisotopic (exact) mass is 306 g/mol. The quantitative estimate of drug-likeness (QED) is 0.431. The third kappa shape index (κ3) is 3.62. The Hall–Kier alpha value is -1.25. The van der Waals surface area contributed by atoms with Gasteiger partial charge in [-0.05, 0) is 0 Å². The Labute approximate surface area is 112 Å². The van der Waals surface area contributed by atoms with Gasteiger partial charge in [0.2, 0.25) is 5.95 Å². The average Bonchev–Trinajstić information content (AvgIpc) is 2.66. The molecule has 0 radical (unpaired) electrons. The van der Waals surface area contributed by atoms with Crippen molar-refractivity contribution in [1.82, 2.24) is 19.5 Å². The van der Waals surface area contributed by atoms with E-state index >= 15 is 0 Å². The molecule has 1 atom stereocenters. The van der Waals surface area contributed by atoms with Crippen LogP contribution in [0.2, 0.25) is 5.15 Å². The van der Waals surface area contributed by atoms with Crippen LogP contribution in [0.4, 0.5) is 5.95 Å². The first-order valence-corrected chi connectivity index (χ1v) is 7.25. The highest BCUT2D eigenvalue weighted by molar-refractivity contribution is 7.50. The van der Waals surface area contributed by atoms with Crippen molar-refractivity contribution >= 4 is 36.3 Å². The lowest BCUT2D eigenvalue weighted by molar-refractivity contribution is -0.198. The van der Waals surface area contributed by atoms with Crippen LogP contribution in [0.5, 0.6) is 0 Å². The number of nitrogen functional groups attached to an aromatic ring is 1. The number of hydrogen-bond donors (Lipinski definition) is 2. The third-order valence-corrected chi connectivity index (χ3v) is 2.94. The van der Waals surface area contributed by atoms with Gasteiger partial charge < -0.3 is 29.4 Å². The summed E-state index contributed by atoms with van der Waals surface area (Å²) >= 11 is 5.85. The molecule has 0 aliphatic carbocycles. The molecular formula is C8H10ClN5O4P-. The van der Waals surface area contributed by atoms with Gasteiger partial charge in [-0.2, -0.15) is 9.97 Å². The Balaban J connectivity index is 2.07. The Kier molecular flexibility index (Phi) is 4.02. The maximum atomic E-state index is 10.5. The van der Waals surface area contributed by atoms with Crippen molar-refractivity contribution in [2.24, 2.45) is 0 Å². The van der Waals surface area contributed by atoms with Crippen molar-refractivity contribution < 1.29 is 19.1 Å². The first-order valence-electron chi connectivity index (χ1n) is 5.11. The van der Waals surface area contributed by atoms with Gasteiger partial charge in [0.15, 0.2) is 18.4 Å². The van der Waals surface area contributed by atoms with Crippen molar-refractivity contribution in [3.05, 3.63) is 11.5 Å². The minimum Gasteiger partial charge on any atom is -0.777 e. The van der Waals surface area contributed by atoms with Crippen LogP contribution in [-0.4, -0.2) is 37.4 Å². The van der Waals surface area contributed by atoms with E-state index in [2.05, 4.69) is 15.0 Å². The smallest absolute Gasteiger partial charge is 0.223 e. The number of halogens is 1. The molecule has 11 heteroatoms. The standard InChI is InChI=1S/C8H11ClN5O4P/c9-6-5-7(13-8(10)12-6)14(3-11-5)1-2-18-4-19(15,16)17/h3H,1-2,4H2,(H2,10,12,13)(H2,15,16,17)/p-1. The van der Waals surface area contributed by atoms with E-state index in [0.29, 0.717) is 11.2 Å². The molecule has 0 bridgehead atoms. The summed E-state index contributed by atoms with van der Waals surface area (Å²) in [6, 6.07) is 0. The molecule has 104 valence electrons. The molecule has 0 amide bonds. The van der Waals surface area contributed by atoms with Crippen LogP contribution in [0.25, 0.3) is 11.2 Å². The first-order chi connectivity index (χ1) is 8.87. The molecule has 0 spiro atoms. The number of nitrogens with two attached hydrogens (primary N) is 1. The van der Waals surface area contributed by atoms with Crippen LogP contribution >= 0.6 is 19.2 Å². The minimum absolute atomic E-state index is 0.0135. The van der Waals surface area contributed by atoms with Crippen LogP contribution < -0.4 is 10.6 Å². The van der Waals surface area contributed by atoms with Crippen LogP contribution in [-0.2, 0) is 15.8 Å². The zero-order chi connectivity index (χ0) is 14.0. The van der Waals surface area contributed by atoms with Crippen molar-refractivity contribution in [3.8, 4) is 0 Å². The van der Waals surface area contributed by atoms with Crippen LogP contribution in [0.3, 0.4) is 0 Å². The second-order valence-electron chi connectivity index (χ2n) is 3.66. The number of fused-ring (bicyclic) bond motifs is 1. The number of imidazole rings is 1. The van der Waals surface area contributed by atoms with Gasteiger partial charge in [-0.1, -0.05) is 11.6 Å². The fourth-order valence-corrected chi connectivity index (χ4v) is 2.01. The van der Waals surface area contributed by atoms with Gasteiger partial charge in [-0.15, -0.1) is 0 Å². The number of rotatable bonds is 5. The molecule has 3 N–H and O–H groups in total. The maximum absolute atomic E-state index is 10.5. The minimum atomic E-state index is -4.40. The van der Waals surface area contributed by atoms with E-state index < -0.39 is 13.9 Å². The van der Waals surface area contributed by atoms with Gasteiger partial charge in [0.05, 0.1) is 12.9 Å². The Morgan fingerprint density at radius 2 is 2.32 bits per heavy atom. The van der Waals surface area contributed by atoms with Crippen LogP contribution in [0.15, 0.2) is 6.33 Å². The fourth-order valence-electron chi connectivity index (χ4n) is 1.43. The number of anilines is 1. The molecular weight excluding hydrogens is 297 g/mol. The lowest BCUT2D eigenvalue weighted by Crippen LogP contribution is -2.11. The predicted molar refractivity (Wildman–Crippen MR) is 65.4 cm³/mol. The zero-order valence-corrected chi connectivity index (χ0v) is 11.2. The predicted octanol–water partition coefficient (Wildman–Crippen LogP) is -0.418. The van der Waals surface area contributed by atoms with Gasteiger partial charge in [-0.3, -0.25) is 0 Å². The molecule has 0 aliphatic rings. The Morgan fingerprint density at radius 1 is 1.58 bits per heavy atom. The molecule has 9 nitrogen and oxygen atoms in total. The molecule has 0 aromatic carbocycles. The van der Waals surface area contributed by atoms with Crippen LogP contribution in [0, 0.1) is 0 Å². The first kappa shape index (κ1) is 14.2. The number of nitrogens with zero attached hydrogens (tertiary/aromatic N) is 4. The highest BCUT2D eigenvalue weighted by Gasteiger charge is 2.10. The third-order valence-electron chi connectivity index (χ3n) is 2.17. The molecule has 19 heavy (non-hydrogen) atoms. The molecule has 2 aromatic rings. The van der Waals surface area contributed by atoms with E-state index in [1.807, 2.05) is 0 Å². The van der Waals surface area contributed by atoms with Crippen molar-refractivity contribution in [3.63, 3.8) is 0 Å². The number of aromatic nitrogens is 4. The van der Waals surface area contributed by atoms with Gasteiger partial charge in [-0.25, -0.2) is 4.98 Å². The lowest BCUT2D eigenvalue weighted by atomic mass is 10.5. The lowest BCUT2D eigenvalue weighted by Gasteiger charge is -2.15. The largest absolute Gasteiger partial charge is 0.777 e. The fraction of sp³-hybridized carbons (Fsp3) is 0.375. The van der Waals surface area contributed by atoms with Crippen LogP contribution in [0.1, 0.15) is 0 Å². The van der Waals surface area contributed by atoms with Crippen molar-refractivity contribution in [2.45, 2.75) is 6.54 Å². The molecule has 2 heterocycles. The van der Waals surface area contributed by atoms with Gasteiger partial charge in [0, 0.05) is 6.54 Å². The summed E-state index contributed by atoms with van der Waals surface area (Å²) in [6.45, 7) is 0.336. The van der Waals surface area contributed by atoms with Gasteiger partial charge >= 0.3 is 0 Å². The van der Waals surface area contributed by atoms with E-state index in [1.165, 1.54) is 6.33 Å². The molecule has 2 aromatic heterocycles. The highest BCUT2D eigenvalue weighted by Crippen LogP contribution is 2.28. The van der Waals surface area contributed by atoms with Crippen molar-refractivity contribution in [1.29, 1.82) is 0 Å². The molecule has 1 unspecified atom stereocenters. The van der Waals surface area contributed by atoms with Crippen molar-refractivity contribution in [2.75, 3.05) is 18.7 Å². The SMILES string of the molecule is Nc1nc(Cl)c2ncn(CCOCP(=O)([O-])O)c2n1.